The van der Waals surface area contributed by atoms with E-state index in [1.165, 1.54) is 18.2 Å². The maximum atomic E-state index is 13.3. The molecule has 6 nitrogen and oxygen atoms in total. The van der Waals surface area contributed by atoms with E-state index in [1.807, 2.05) is 0 Å². The summed E-state index contributed by atoms with van der Waals surface area (Å²) in [7, 11) is 0. The SMILES string of the molecule is O=C(N=c1sn(-c2ccc(Cl)c(C(F)(F)F)c2)nc1C(=O)N1CCCC1)c1ccc(F)cc1. The van der Waals surface area contributed by atoms with E-state index in [2.05, 4.69) is 10.1 Å². The van der Waals surface area contributed by atoms with Gasteiger partial charge in [-0.25, -0.2) is 4.39 Å². The van der Waals surface area contributed by atoms with Gasteiger partial charge in [0.15, 0.2) is 10.4 Å². The van der Waals surface area contributed by atoms with Crippen LogP contribution in [-0.2, 0) is 6.18 Å². The molecule has 4 rings (SSSR count). The van der Waals surface area contributed by atoms with Gasteiger partial charge in [0.1, 0.15) is 5.82 Å². The molecule has 2 aromatic carbocycles. The van der Waals surface area contributed by atoms with E-state index in [-0.39, 0.29) is 21.6 Å². The Labute approximate surface area is 193 Å². The van der Waals surface area contributed by atoms with E-state index in [0.29, 0.717) is 13.1 Å². The van der Waals surface area contributed by atoms with Gasteiger partial charge in [-0.2, -0.15) is 22.2 Å². The lowest BCUT2D eigenvalue weighted by Crippen LogP contribution is -2.31. The Bertz CT molecular complexity index is 1280. The third kappa shape index (κ3) is 4.98. The zero-order chi connectivity index (χ0) is 23.8. The fourth-order valence-electron chi connectivity index (χ4n) is 3.27. The zero-order valence-electron chi connectivity index (χ0n) is 16.8. The fraction of sp³-hybridized carbons (Fsp3) is 0.238. The van der Waals surface area contributed by atoms with Crippen molar-refractivity contribution < 1.29 is 27.2 Å². The first-order valence-corrected chi connectivity index (χ1v) is 10.9. The smallest absolute Gasteiger partial charge is 0.337 e. The first-order valence-electron chi connectivity index (χ1n) is 9.75. The van der Waals surface area contributed by atoms with E-state index < -0.39 is 34.4 Å². The molecule has 0 saturated carbocycles. The van der Waals surface area contributed by atoms with Crippen LogP contribution in [0.15, 0.2) is 47.5 Å². The topological polar surface area (TPSA) is 67.6 Å². The van der Waals surface area contributed by atoms with Gasteiger partial charge in [0, 0.05) is 18.7 Å². The van der Waals surface area contributed by atoms with Gasteiger partial charge >= 0.3 is 6.18 Å². The highest BCUT2D eigenvalue weighted by Crippen LogP contribution is 2.35. The Morgan fingerprint density at radius 2 is 1.73 bits per heavy atom. The Morgan fingerprint density at radius 1 is 1.06 bits per heavy atom. The van der Waals surface area contributed by atoms with Crippen LogP contribution in [0.5, 0.6) is 0 Å². The summed E-state index contributed by atoms with van der Waals surface area (Å²) < 4.78 is 54.1. The number of likely N-dealkylation sites (tertiary alicyclic amines) is 1. The maximum absolute atomic E-state index is 13.3. The van der Waals surface area contributed by atoms with Crippen molar-refractivity contribution in [3.05, 3.63) is 74.8 Å². The number of rotatable bonds is 3. The molecule has 0 N–H and O–H groups in total. The van der Waals surface area contributed by atoms with Crippen LogP contribution in [0.1, 0.15) is 39.3 Å². The predicted molar refractivity (Wildman–Crippen MR) is 113 cm³/mol. The summed E-state index contributed by atoms with van der Waals surface area (Å²) in [6.45, 7) is 1.00. The van der Waals surface area contributed by atoms with Crippen LogP contribution in [0.25, 0.3) is 5.69 Å². The van der Waals surface area contributed by atoms with E-state index in [9.17, 15) is 27.2 Å². The van der Waals surface area contributed by atoms with Gasteiger partial charge in [0.2, 0.25) is 0 Å². The van der Waals surface area contributed by atoms with E-state index in [1.54, 1.807) is 4.90 Å². The molecule has 0 bridgehead atoms. The number of nitrogens with zero attached hydrogens (tertiary/aromatic N) is 4. The Balaban J connectivity index is 1.81. The summed E-state index contributed by atoms with van der Waals surface area (Å²) in [4.78, 5) is 31.1. The van der Waals surface area contributed by atoms with Crippen molar-refractivity contribution in [2.45, 2.75) is 19.0 Å². The molecule has 33 heavy (non-hydrogen) atoms. The van der Waals surface area contributed by atoms with Crippen molar-refractivity contribution >= 4 is 34.9 Å². The minimum absolute atomic E-state index is 0.00266. The standard InChI is InChI=1S/C21H15ClF4N4O2S/c22-16-8-7-14(11-15(16)21(24,25)26)30-28-17(20(32)29-9-1-2-10-29)19(33-30)27-18(31)12-3-5-13(23)6-4-12/h3-8,11H,1-2,9-10H2. The highest BCUT2D eigenvalue weighted by Gasteiger charge is 2.34. The largest absolute Gasteiger partial charge is 0.417 e. The summed E-state index contributed by atoms with van der Waals surface area (Å²) in [6, 6.07) is 7.88. The average molecular weight is 499 g/mol. The molecule has 2 heterocycles. The number of alkyl halides is 3. The van der Waals surface area contributed by atoms with Gasteiger partial charge in [-0.15, -0.1) is 5.10 Å². The lowest BCUT2D eigenvalue weighted by atomic mass is 10.2. The molecule has 0 radical (unpaired) electrons. The second kappa shape index (κ2) is 9.06. The monoisotopic (exact) mass is 498 g/mol. The third-order valence-corrected chi connectivity index (χ3v) is 6.19. The van der Waals surface area contributed by atoms with Crippen LogP contribution in [0.2, 0.25) is 5.02 Å². The third-order valence-electron chi connectivity index (χ3n) is 4.93. The van der Waals surface area contributed by atoms with Crippen LogP contribution in [0.4, 0.5) is 17.6 Å². The molecule has 3 aromatic rings. The van der Waals surface area contributed by atoms with Gasteiger partial charge in [-0.3, -0.25) is 9.59 Å². The number of halogens is 5. The number of carbonyl (C=O) groups is 2. The summed E-state index contributed by atoms with van der Waals surface area (Å²) in [5.41, 5.74) is -1.12. The summed E-state index contributed by atoms with van der Waals surface area (Å²) in [6.07, 6.45) is -3.07. The number of hydrogen-bond acceptors (Lipinski definition) is 4. The van der Waals surface area contributed by atoms with E-state index in [4.69, 9.17) is 11.6 Å². The fourth-order valence-corrected chi connectivity index (χ4v) is 4.33. The number of aromatic nitrogens is 2. The van der Waals surface area contributed by atoms with Crippen molar-refractivity contribution in [1.29, 1.82) is 0 Å². The highest BCUT2D eigenvalue weighted by atomic mass is 35.5. The summed E-state index contributed by atoms with van der Waals surface area (Å²) in [5, 5.41) is 3.69. The van der Waals surface area contributed by atoms with Crippen molar-refractivity contribution in [1.82, 2.24) is 14.1 Å². The first-order chi connectivity index (χ1) is 15.6. The summed E-state index contributed by atoms with van der Waals surface area (Å²) >= 11 is 6.43. The molecule has 0 atom stereocenters. The molecular formula is C21H15ClF4N4O2S. The minimum atomic E-state index is -4.69. The molecule has 1 aliphatic heterocycles. The Kier molecular flexibility index (Phi) is 6.35. The van der Waals surface area contributed by atoms with Crippen LogP contribution in [0, 0.1) is 5.82 Å². The van der Waals surface area contributed by atoms with Crippen molar-refractivity contribution in [3.63, 3.8) is 0 Å². The Hall–Kier alpha value is -3.05. The quantitative estimate of drug-likeness (QED) is 0.491. The number of carbonyl (C=O) groups excluding carboxylic acids is 2. The highest BCUT2D eigenvalue weighted by molar-refractivity contribution is 7.04. The van der Waals surface area contributed by atoms with Crippen LogP contribution in [0.3, 0.4) is 0 Å². The Morgan fingerprint density at radius 3 is 2.36 bits per heavy atom. The van der Waals surface area contributed by atoms with Gasteiger partial charge < -0.3 is 4.90 Å². The van der Waals surface area contributed by atoms with Gasteiger partial charge in [-0.05, 0) is 66.8 Å². The molecule has 1 aliphatic rings. The maximum Gasteiger partial charge on any atom is 0.417 e. The average Bonchev–Trinajstić information content (AvgIpc) is 3.44. The second-order valence-electron chi connectivity index (χ2n) is 7.20. The second-order valence-corrected chi connectivity index (χ2v) is 8.53. The lowest BCUT2D eigenvalue weighted by Gasteiger charge is -2.13. The predicted octanol–water partition coefficient (Wildman–Crippen LogP) is 4.72. The molecule has 0 unspecified atom stereocenters. The van der Waals surface area contributed by atoms with Crippen LogP contribution in [-0.4, -0.2) is 39.0 Å². The van der Waals surface area contributed by atoms with Crippen molar-refractivity contribution in [2.75, 3.05) is 13.1 Å². The van der Waals surface area contributed by atoms with Gasteiger partial charge in [-0.1, -0.05) is 11.6 Å². The van der Waals surface area contributed by atoms with Crippen molar-refractivity contribution in [2.24, 2.45) is 4.99 Å². The van der Waals surface area contributed by atoms with Gasteiger partial charge in [0.05, 0.1) is 16.3 Å². The molecule has 1 saturated heterocycles. The van der Waals surface area contributed by atoms with Crippen LogP contribution < -0.4 is 4.67 Å². The number of benzene rings is 2. The molecule has 12 heteroatoms. The molecular weight excluding hydrogens is 484 g/mol. The van der Waals surface area contributed by atoms with Crippen molar-refractivity contribution in [3.8, 4) is 5.69 Å². The molecule has 1 fully saturated rings. The van der Waals surface area contributed by atoms with E-state index in [0.717, 1.165) is 52.7 Å². The first kappa shape index (κ1) is 23.1. The van der Waals surface area contributed by atoms with Crippen LogP contribution >= 0.6 is 23.1 Å². The number of hydrogen-bond donors (Lipinski definition) is 0. The normalized spacial score (nSPS) is 14.7. The zero-order valence-corrected chi connectivity index (χ0v) is 18.3. The number of amides is 2. The molecule has 1 aromatic heterocycles. The summed E-state index contributed by atoms with van der Waals surface area (Å²) in [5.74, 6) is -1.75. The van der Waals surface area contributed by atoms with Gasteiger partial charge in [0.25, 0.3) is 11.8 Å². The lowest BCUT2D eigenvalue weighted by molar-refractivity contribution is -0.137. The minimum Gasteiger partial charge on any atom is -0.337 e. The molecule has 2 amide bonds. The molecule has 172 valence electrons. The molecule has 0 aliphatic carbocycles. The molecule has 0 spiro atoms. The van der Waals surface area contributed by atoms with E-state index >= 15 is 0 Å².